The lowest BCUT2D eigenvalue weighted by Crippen LogP contribution is -2.22. The number of para-hydroxylation sites is 1. The molecule has 1 amide bonds. The van der Waals surface area contributed by atoms with Crippen LogP contribution in [-0.2, 0) is 4.79 Å². The number of nitrogens with one attached hydrogen (secondary N) is 1. The lowest BCUT2D eigenvalue weighted by Gasteiger charge is -2.12. The molecule has 0 saturated carbocycles. The van der Waals surface area contributed by atoms with E-state index < -0.39 is 0 Å². The molecule has 3 N–H and O–H groups in total. The maximum Gasteiger partial charge on any atom is 0.238 e. The zero-order valence-corrected chi connectivity index (χ0v) is 8.74. The first-order chi connectivity index (χ1) is 7.22. The van der Waals surface area contributed by atoms with E-state index in [4.69, 9.17) is 15.2 Å². The number of hydrogen-bond acceptors (Lipinski definition) is 4. The van der Waals surface area contributed by atoms with E-state index in [1.54, 1.807) is 18.2 Å². The summed E-state index contributed by atoms with van der Waals surface area (Å²) in [5.74, 6) is 0.774. The molecule has 82 valence electrons. The van der Waals surface area contributed by atoms with Gasteiger partial charge in [0, 0.05) is 0 Å². The fourth-order valence-corrected chi connectivity index (χ4v) is 1.19. The van der Waals surface area contributed by atoms with E-state index in [1.165, 1.54) is 14.2 Å². The number of nitrogens with two attached hydrogens (primary N) is 1. The SMILES string of the molecule is COc1cccc(NC(=O)CN)c1OC. The van der Waals surface area contributed by atoms with E-state index in [0.717, 1.165) is 0 Å². The van der Waals surface area contributed by atoms with Crippen molar-refractivity contribution in [1.82, 2.24) is 0 Å². The fraction of sp³-hybridized carbons (Fsp3) is 0.300. The highest BCUT2D eigenvalue weighted by molar-refractivity contribution is 5.94. The first-order valence-corrected chi connectivity index (χ1v) is 4.43. The zero-order chi connectivity index (χ0) is 11.3. The van der Waals surface area contributed by atoms with E-state index in [9.17, 15) is 4.79 Å². The topological polar surface area (TPSA) is 73.6 Å². The monoisotopic (exact) mass is 210 g/mol. The van der Waals surface area contributed by atoms with Crippen LogP contribution in [0.4, 0.5) is 5.69 Å². The minimum absolute atomic E-state index is 0.0691. The Bertz CT molecular complexity index is 353. The number of amides is 1. The highest BCUT2D eigenvalue weighted by Crippen LogP contribution is 2.34. The molecule has 0 heterocycles. The minimum Gasteiger partial charge on any atom is -0.493 e. The predicted molar refractivity (Wildman–Crippen MR) is 57.2 cm³/mol. The van der Waals surface area contributed by atoms with Gasteiger partial charge in [-0.2, -0.15) is 0 Å². The van der Waals surface area contributed by atoms with Crippen LogP contribution in [0.2, 0.25) is 0 Å². The van der Waals surface area contributed by atoms with E-state index in [-0.39, 0.29) is 12.5 Å². The maximum absolute atomic E-state index is 11.1. The van der Waals surface area contributed by atoms with Crippen molar-refractivity contribution < 1.29 is 14.3 Å². The van der Waals surface area contributed by atoms with Crippen LogP contribution in [0.5, 0.6) is 11.5 Å². The van der Waals surface area contributed by atoms with Crippen molar-refractivity contribution in [2.75, 3.05) is 26.1 Å². The molecule has 0 spiro atoms. The molecule has 0 saturated heterocycles. The standard InChI is InChI=1S/C10H14N2O3/c1-14-8-5-3-4-7(10(8)15-2)12-9(13)6-11/h3-5H,6,11H2,1-2H3,(H,12,13). The molecule has 0 aliphatic carbocycles. The highest BCUT2D eigenvalue weighted by atomic mass is 16.5. The van der Waals surface area contributed by atoms with Gasteiger partial charge in [-0.15, -0.1) is 0 Å². The maximum atomic E-state index is 11.1. The van der Waals surface area contributed by atoms with Crippen LogP contribution in [0.3, 0.4) is 0 Å². The predicted octanol–water partition coefficient (Wildman–Crippen LogP) is 0.601. The number of hydrogen-bond donors (Lipinski definition) is 2. The third-order valence-corrected chi connectivity index (χ3v) is 1.86. The van der Waals surface area contributed by atoms with E-state index in [0.29, 0.717) is 17.2 Å². The average Bonchev–Trinajstić information content (AvgIpc) is 2.28. The number of ether oxygens (including phenoxy) is 2. The van der Waals surface area contributed by atoms with Gasteiger partial charge in [-0.05, 0) is 12.1 Å². The van der Waals surface area contributed by atoms with Gasteiger partial charge >= 0.3 is 0 Å². The Morgan fingerprint density at radius 1 is 1.40 bits per heavy atom. The van der Waals surface area contributed by atoms with E-state index in [1.807, 2.05) is 0 Å². The molecule has 0 bridgehead atoms. The number of carbonyl (C=O) groups excluding carboxylic acids is 1. The smallest absolute Gasteiger partial charge is 0.238 e. The molecule has 1 aromatic rings. The fourth-order valence-electron chi connectivity index (χ4n) is 1.19. The van der Waals surface area contributed by atoms with Crippen LogP contribution in [0.15, 0.2) is 18.2 Å². The number of methoxy groups -OCH3 is 2. The lowest BCUT2D eigenvalue weighted by molar-refractivity contribution is -0.114. The molecule has 1 rings (SSSR count). The van der Waals surface area contributed by atoms with Crippen LogP contribution in [0.1, 0.15) is 0 Å². The Hall–Kier alpha value is -1.75. The molecule has 0 fully saturated rings. The highest BCUT2D eigenvalue weighted by Gasteiger charge is 2.10. The molecule has 5 heteroatoms. The molecule has 0 aromatic heterocycles. The minimum atomic E-state index is -0.276. The van der Waals surface area contributed by atoms with Gasteiger partial charge < -0.3 is 20.5 Å². The summed E-state index contributed by atoms with van der Waals surface area (Å²) in [7, 11) is 3.04. The number of anilines is 1. The molecule has 0 aliphatic heterocycles. The third kappa shape index (κ3) is 2.60. The normalized spacial score (nSPS) is 9.53. The molecular formula is C10H14N2O3. The second kappa shape index (κ2) is 5.21. The van der Waals surface area contributed by atoms with Crippen LogP contribution < -0.4 is 20.5 Å². The summed E-state index contributed by atoms with van der Waals surface area (Å²) in [5, 5.41) is 2.62. The molecular weight excluding hydrogens is 196 g/mol. The molecule has 0 radical (unpaired) electrons. The lowest BCUT2D eigenvalue weighted by atomic mass is 10.2. The quantitative estimate of drug-likeness (QED) is 0.763. The van der Waals surface area contributed by atoms with Crippen molar-refractivity contribution in [1.29, 1.82) is 0 Å². The number of rotatable bonds is 4. The van der Waals surface area contributed by atoms with Crippen molar-refractivity contribution in [3.8, 4) is 11.5 Å². The first-order valence-electron chi connectivity index (χ1n) is 4.43. The Kier molecular flexibility index (Phi) is 3.93. The van der Waals surface area contributed by atoms with Gasteiger partial charge in [0.25, 0.3) is 0 Å². The van der Waals surface area contributed by atoms with Gasteiger partial charge in [-0.3, -0.25) is 4.79 Å². The Labute approximate surface area is 88.2 Å². The van der Waals surface area contributed by atoms with Crippen LogP contribution in [-0.4, -0.2) is 26.7 Å². The molecule has 0 unspecified atom stereocenters. The number of carbonyl (C=O) groups is 1. The van der Waals surface area contributed by atoms with Crippen molar-refractivity contribution in [2.45, 2.75) is 0 Å². The Morgan fingerprint density at radius 3 is 2.67 bits per heavy atom. The van der Waals surface area contributed by atoms with Crippen molar-refractivity contribution in [2.24, 2.45) is 5.73 Å². The first kappa shape index (κ1) is 11.3. The summed E-state index contributed by atoms with van der Waals surface area (Å²) in [6.45, 7) is -0.0691. The van der Waals surface area contributed by atoms with Crippen molar-refractivity contribution in [3.05, 3.63) is 18.2 Å². The summed E-state index contributed by atoms with van der Waals surface area (Å²) in [6.07, 6.45) is 0. The summed E-state index contributed by atoms with van der Waals surface area (Å²) in [4.78, 5) is 11.1. The van der Waals surface area contributed by atoms with Crippen LogP contribution in [0.25, 0.3) is 0 Å². The van der Waals surface area contributed by atoms with Gasteiger partial charge in [0.15, 0.2) is 11.5 Å². The van der Waals surface area contributed by atoms with Crippen molar-refractivity contribution in [3.63, 3.8) is 0 Å². The Morgan fingerprint density at radius 2 is 2.13 bits per heavy atom. The van der Waals surface area contributed by atoms with E-state index >= 15 is 0 Å². The van der Waals surface area contributed by atoms with Crippen LogP contribution in [0, 0.1) is 0 Å². The van der Waals surface area contributed by atoms with Gasteiger partial charge in [0.2, 0.25) is 5.91 Å². The zero-order valence-electron chi connectivity index (χ0n) is 8.74. The Balaban J connectivity index is 3.00. The molecule has 1 aromatic carbocycles. The van der Waals surface area contributed by atoms with Gasteiger partial charge in [-0.1, -0.05) is 6.07 Å². The van der Waals surface area contributed by atoms with Gasteiger partial charge in [-0.25, -0.2) is 0 Å². The molecule has 0 aliphatic rings. The second-order valence-corrected chi connectivity index (χ2v) is 2.79. The molecule has 15 heavy (non-hydrogen) atoms. The van der Waals surface area contributed by atoms with Crippen molar-refractivity contribution >= 4 is 11.6 Å². The summed E-state index contributed by atoms with van der Waals surface area (Å²) >= 11 is 0. The molecule has 0 atom stereocenters. The summed E-state index contributed by atoms with van der Waals surface area (Å²) in [5.41, 5.74) is 5.75. The van der Waals surface area contributed by atoms with Gasteiger partial charge in [0.1, 0.15) is 0 Å². The van der Waals surface area contributed by atoms with Gasteiger partial charge in [0.05, 0.1) is 26.5 Å². The largest absolute Gasteiger partial charge is 0.493 e. The summed E-state index contributed by atoms with van der Waals surface area (Å²) < 4.78 is 10.2. The van der Waals surface area contributed by atoms with Crippen LogP contribution >= 0.6 is 0 Å². The second-order valence-electron chi connectivity index (χ2n) is 2.79. The number of benzene rings is 1. The average molecular weight is 210 g/mol. The van der Waals surface area contributed by atoms with E-state index in [2.05, 4.69) is 5.32 Å². The third-order valence-electron chi connectivity index (χ3n) is 1.86. The summed E-state index contributed by atoms with van der Waals surface area (Å²) in [6, 6.07) is 5.22. The molecule has 5 nitrogen and oxygen atoms in total.